The molecule has 1 N–H and O–H groups in total. The molecule has 0 spiro atoms. The molecule has 4 nitrogen and oxygen atoms in total. The van der Waals surface area contributed by atoms with Gasteiger partial charge in [-0.25, -0.2) is 0 Å². The standard InChI is InChI=1S/C16H28N2O2/c1-5-13-9-14(18(6-2)17-13)10-16(19)7-8-20-15(11-16)12(3)4/h9,12,15,19H,5-8,10-11H2,1-4H3. The van der Waals surface area contributed by atoms with Crippen LogP contribution in [0.2, 0.25) is 0 Å². The van der Waals surface area contributed by atoms with E-state index in [0.29, 0.717) is 25.4 Å². The molecule has 0 aliphatic carbocycles. The number of aromatic nitrogens is 2. The van der Waals surface area contributed by atoms with E-state index in [1.807, 2.05) is 4.68 Å². The summed E-state index contributed by atoms with van der Waals surface area (Å²) in [5, 5.41) is 15.5. The second-order valence-corrected chi connectivity index (χ2v) is 6.30. The molecule has 1 aliphatic rings. The van der Waals surface area contributed by atoms with E-state index >= 15 is 0 Å². The van der Waals surface area contributed by atoms with E-state index in [4.69, 9.17) is 4.74 Å². The lowest BCUT2D eigenvalue weighted by Gasteiger charge is -2.38. The van der Waals surface area contributed by atoms with Crippen molar-refractivity contribution in [2.75, 3.05) is 6.61 Å². The van der Waals surface area contributed by atoms with Crippen LogP contribution in [0.25, 0.3) is 0 Å². The third-order valence-electron chi connectivity index (χ3n) is 4.31. The molecule has 0 saturated carbocycles. The first-order chi connectivity index (χ1) is 9.47. The molecule has 2 heterocycles. The molecule has 0 aromatic carbocycles. The molecule has 1 aromatic rings. The first-order valence-corrected chi connectivity index (χ1v) is 7.87. The van der Waals surface area contributed by atoms with Gasteiger partial charge in [0.2, 0.25) is 0 Å². The number of ether oxygens (including phenoxy) is 1. The van der Waals surface area contributed by atoms with Crippen LogP contribution in [0, 0.1) is 5.92 Å². The van der Waals surface area contributed by atoms with E-state index in [2.05, 4.69) is 38.9 Å². The van der Waals surface area contributed by atoms with Crippen molar-refractivity contribution in [3.63, 3.8) is 0 Å². The number of nitrogens with zero attached hydrogens (tertiary/aromatic N) is 2. The zero-order valence-electron chi connectivity index (χ0n) is 13.2. The fourth-order valence-corrected chi connectivity index (χ4v) is 2.97. The van der Waals surface area contributed by atoms with Crippen LogP contribution in [0.4, 0.5) is 0 Å². The molecule has 1 saturated heterocycles. The van der Waals surface area contributed by atoms with Gasteiger partial charge in [0, 0.05) is 31.7 Å². The minimum absolute atomic E-state index is 0.164. The summed E-state index contributed by atoms with van der Waals surface area (Å²) in [6, 6.07) is 2.14. The Bertz CT molecular complexity index is 442. The molecular formula is C16H28N2O2. The van der Waals surface area contributed by atoms with Crippen LogP contribution in [0.5, 0.6) is 0 Å². The van der Waals surface area contributed by atoms with Crippen molar-refractivity contribution in [3.8, 4) is 0 Å². The molecule has 4 heteroatoms. The Labute approximate surface area is 122 Å². The summed E-state index contributed by atoms with van der Waals surface area (Å²) < 4.78 is 7.80. The maximum atomic E-state index is 10.9. The van der Waals surface area contributed by atoms with Gasteiger partial charge in [-0.2, -0.15) is 5.10 Å². The van der Waals surface area contributed by atoms with Crippen LogP contribution in [-0.2, 0) is 24.1 Å². The second kappa shape index (κ2) is 6.27. The average molecular weight is 280 g/mol. The van der Waals surface area contributed by atoms with Crippen molar-refractivity contribution in [1.29, 1.82) is 0 Å². The number of hydrogen-bond donors (Lipinski definition) is 1. The summed E-state index contributed by atoms with van der Waals surface area (Å²) in [5.74, 6) is 0.448. The number of hydrogen-bond acceptors (Lipinski definition) is 3. The first kappa shape index (κ1) is 15.5. The molecular weight excluding hydrogens is 252 g/mol. The normalized spacial score (nSPS) is 27.2. The molecule has 2 unspecified atom stereocenters. The fourth-order valence-electron chi connectivity index (χ4n) is 2.97. The zero-order chi connectivity index (χ0) is 14.8. The van der Waals surface area contributed by atoms with E-state index < -0.39 is 5.60 Å². The van der Waals surface area contributed by atoms with E-state index in [-0.39, 0.29) is 6.10 Å². The highest BCUT2D eigenvalue weighted by Crippen LogP contribution is 2.31. The summed E-state index contributed by atoms with van der Waals surface area (Å²) in [6.07, 6.45) is 3.22. The molecule has 1 aromatic heterocycles. The van der Waals surface area contributed by atoms with Gasteiger partial charge in [-0.05, 0) is 31.7 Å². The van der Waals surface area contributed by atoms with Crippen molar-refractivity contribution in [2.45, 2.75) is 71.6 Å². The molecule has 1 fully saturated rings. The van der Waals surface area contributed by atoms with E-state index in [1.54, 1.807) is 0 Å². The quantitative estimate of drug-likeness (QED) is 0.901. The minimum Gasteiger partial charge on any atom is -0.389 e. The van der Waals surface area contributed by atoms with Gasteiger partial charge in [-0.15, -0.1) is 0 Å². The predicted molar refractivity (Wildman–Crippen MR) is 79.7 cm³/mol. The van der Waals surface area contributed by atoms with Crippen LogP contribution >= 0.6 is 0 Å². The van der Waals surface area contributed by atoms with Gasteiger partial charge in [-0.3, -0.25) is 4.68 Å². The monoisotopic (exact) mass is 280 g/mol. The third-order valence-corrected chi connectivity index (χ3v) is 4.31. The van der Waals surface area contributed by atoms with Gasteiger partial charge >= 0.3 is 0 Å². The highest BCUT2D eigenvalue weighted by atomic mass is 16.5. The van der Waals surface area contributed by atoms with E-state index in [1.165, 1.54) is 0 Å². The van der Waals surface area contributed by atoms with Crippen LogP contribution in [-0.4, -0.2) is 33.2 Å². The fraction of sp³-hybridized carbons (Fsp3) is 0.812. The maximum Gasteiger partial charge on any atom is 0.0749 e. The van der Waals surface area contributed by atoms with Crippen molar-refractivity contribution in [1.82, 2.24) is 9.78 Å². The lowest BCUT2D eigenvalue weighted by molar-refractivity contribution is -0.117. The molecule has 0 amide bonds. The summed E-state index contributed by atoms with van der Waals surface area (Å²) in [5.41, 5.74) is 1.61. The SMILES string of the molecule is CCc1cc(CC2(O)CCOC(C(C)C)C2)n(CC)n1. The molecule has 1 aliphatic heterocycles. The van der Waals surface area contributed by atoms with Gasteiger partial charge in [0.05, 0.1) is 17.4 Å². The van der Waals surface area contributed by atoms with Gasteiger partial charge in [-0.1, -0.05) is 20.8 Å². The Balaban J connectivity index is 2.13. The second-order valence-electron chi connectivity index (χ2n) is 6.30. The molecule has 2 rings (SSSR count). The predicted octanol–water partition coefficient (Wildman–Crippen LogP) is 2.57. The molecule has 0 radical (unpaired) electrons. The van der Waals surface area contributed by atoms with Crippen LogP contribution in [0.3, 0.4) is 0 Å². The Kier molecular flexibility index (Phi) is 4.86. The smallest absolute Gasteiger partial charge is 0.0749 e. The molecule has 114 valence electrons. The Hall–Kier alpha value is -0.870. The zero-order valence-corrected chi connectivity index (χ0v) is 13.2. The summed E-state index contributed by atoms with van der Waals surface area (Å²) in [6.45, 7) is 10.0. The van der Waals surface area contributed by atoms with Crippen molar-refractivity contribution < 1.29 is 9.84 Å². The Morgan fingerprint density at radius 2 is 2.25 bits per heavy atom. The summed E-state index contributed by atoms with van der Waals surface area (Å²) >= 11 is 0. The van der Waals surface area contributed by atoms with Crippen molar-refractivity contribution in [2.24, 2.45) is 5.92 Å². The Morgan fingerprint density at radius 3 is 2.85 bits per heavy atom. The van der Waals surface area contributed by atoms with Gasteiger partial charge in [0.15, 0.2) is 0 Å². The Morgan fingerprint density at radius 1 is 1.50 bits per heavy atom. The van der Waals surface area contributed by atoms with Gasteiger partial charge < -0.3 is 9.84 Å². The largest absolute Gasteiger partial charge is 0.389 e. The first-order valence-electron chi connectivity index (χ1n) is 7.87. The van der Waals surface area contributed by atoms with Gasteiger partial charge in [0.1, 0.15) is 0 Å². The highest BCUT2D eigenvalue weighted by Gasteiger charge is 2.37. The van der Waals surface area contributed by atoms with Crippen LogP contribution in [0.1, 0.15) is 51.9 Å². The highest BCUT2D eigenvalue weighted by molar-refractivity contribution is 5.13. The van der Waals surface area contributed by atoms with Crippen LogP contribution < -0.4 is 0 Å². The number of rotatable bonds is 5. The topological polar surface area (TPSA) is 47.3 Å². The van der Waals surface area contributed by atoms with Crippen LogP contribution in [0.15, 0.2) is 6.07 Å². The molecule has 2 atom stereocenters. The summed E-state index contributed by atoms with van der Waals surface area (Å²) in [7, 11) is 0. The van der Waals surface area contributed by atoms with Crippen molar-refractivity contribution in [3.05, 3.63) is 17.5 Å². The number of aliphatic hydroxyl groups is 1. The third kappa shape index (κ3) is 3.41. The lowest BCUT2D eigenvalue weighted by Crippen LogP contribution is -2.44. The maximum absolute atomic E-state index is 10.9. The van der Waals surface area contributed by atoms with E-state index in [9.17, 15) is 5.11 Å². The molecule has 0 bridgehead atoms. The minimum atomic E-state index is -0.648. The molecule has 20 heavy (non-hydrogen) atoms. The summed E-state index contributed by atoms with van der Waals surface area (Å²) in [4.78, 5) is 0. The lowest BCUT2D eigenvalue weighted by atomic mass is 9.83. The van der Waals surface area contributed by atoms with Crippen molar-refractivity contribution >= 4 is 0 Å². The average Bonchev–Trinajstić information content (AvgIpc) is 2.80. The van der Waals surface area contributed by atoms with Gasteiger partial charge in [0.25, 0.3) is 0 Å². The number of aryl methyl sites for hydroxylation is 2. The van der Waals surface area contributed by atoms with E-state index in [0.717, 1.165) is 30.8 Å².